The van der Waals surface area contributed by atoms with E-state index in [1.807, 2.05) is 0 Å². The van der Waals surface area contributed by atoms with Crippen LogP contribution >= 0.6 is 11.8 Å². The van der Waals surface area contributed by atoms with E-state index < -0.39 is 17.2 Å². The fraction of sp³-hybridized carbons (Fsp3) is 0.800. The molecule has 0 saturated heterocycles. The van der Waals surface area contributed by atoms with Gasteiger partial charge in [0.2, 0.25) is 0 Å². The normalized spacial score (nSPS) is 22.2. The van der Waals surface area contributed by atoms with Gasteiger partial charge in [-0.25, -0.2) is 4.99 Å². The van der Waals surface area contributed by atoms with Gasteiger partial charge in [0.25, 0.3) is 0 Å². The van der Waals surface area contributed by atoms with Crippen molar-refractivity contribution in [3.63, 3.8) is 0 Å². The smallest absolute Gasteiger partial charge is 0.247 e. The van der Waals surface area contributed by atoms with Gasteiger partial charge in [-0.1, -0.05) is 11.8 Å². The predicted octanol–water partition coefficient (Wildman–Crippen LogP) is 2.97. The molecule has 0 spiro atoms. The van der Waals surface area contributed by atoms with Crippen LogP contribution in [0.1, 0.15) is 6.92 Å². The zero-order chi connectivity index (χ0) is 10.5. The van der Waals surface area contributed by atoms with Gasteiger partial charge in [-0.15, -0.1) is 0 Å². The summed E-state index contributed by atoms with van der Waals surface area (Å²) in [4.78, 5) is -1.40. The molecular weight excluding hydrogens is 220 g/mol. The Morgan fingerprint density at radius 1 is 1.08 bits per heavy atom. The quantitative estimate of drug-likeness (QED) is 0.575. The minimum atomic E-state index is -5.39. The number of rotatable bonds is 0. The molecule has 0 fully saturated rings. The van der Waals surface area contributed by atoms with Crippen molar-refractivity contribution >= 4 is 16.8 Å². The molecule has 13 heavy (non-hydrogen) atoms. The second-order valence-corrected chi connectivity index (χ2v) is 3.76. The van der Waals surface area contributed by atoms with Crippen molar-refractivity contribution in [1.29, 1.82) is 0 Å². The first kappa shape index (κ1) is 10.7. The molecule has 1 rings (SSSR count). The summed E-state index contributed by atoms with van der Waals surface area (Å²) in [5, 5.41) is -0.213. The Morgan fingerprint density at radius 3 is 1.46 bits per heavy atom. The van der Waals surface area contributed by atoms with E-state index >= 15 is 0 Å². The third-order valence-corrected chi connectivity index (χ3v) is 2.62. The molecule has 8 heteroatoms. The molecule has 76 valence electrons. The predicted molar refractivity (Wildman–Crippen MR) is 35.5 cm³/mol. The van der Waals surface area contributed by atoms with Crippen LogP contribution in [0.25, 0.3) is 0 Å². The molecule has 1 heterocycles. The zero-order valence-corrected chi connectivity index (χ0v) is 6.94. The molecule has 0 amide bonds. The van der Waals surface area contributed by atoms with Gasteiger partial charge < -0.3 is 0 Å². The second kappa shape index (κ2) is 2.55. The van der Waals surface area contributed by atoms with Crippen LogP contribution in [0.5, 0.6) is 0 Å². The summed E-state index contributed by atoms with van der Waals surface area (Å²) < 4.78 is 71.9. The summed E-state index contributed by atoms with van der Waals surface area (Å²) in [5.41, 5.74) is 0. The van der Waals surface area contributed by atoms with E-state index in [9.17, 15) is 26.3 Å². The topological polar surface area (TPSA) is 12.4 Å². The van der Waals surface area contributed by atoms with Crippen molar-refractivity contribution in [3.05, 3.63) is 0 Å². The standard InChI is InChI=1S/C5H3F6NS/c1-2-12-3(13-2,4(6,7)8)5(9,10)11/h1H3. The molecule has 0 atom stereocenters. The molecular formula is C5H3F6NS. The Balaban J connectivity index is 3.08. The van der Waals surface area contributed by atoms with Gasteiger partial charge in [-0.3, -0.25) is 0 Å². The zero-order valence-electron chi connectivity index (χ0n) is 6.12. The van der Waals surface area contributed by atoms with E-state index in [-0.39, 0.29) is 16.8 Å². The molecule has 1 nitrogen and oxygen atoms in total. The van der Waals surface area contributed by atoms with E-state index in [0.717, 1.165) is 6.92 Å². The summed E-state index contributed by atoms with van der Waals surface area (Å²) in [6, 6.07) is 0. The van der Waals surface area contributed by atoms with Gasteiger partial charge in [-0.2, -0.15) is 26.3 Å². The molecule has 1 aliphatic heterocycles. The van der Waals surface area contributed by atoms with Crippen molar-refractivity contribution in [2.45, 2.75) is 24.1 Å². The molecule has 0 aliphatic carbocycles. The summed E-state index contributed by atoms with van der Waals surface area (Å²) in [6.45, 7) is 1.10. The maximum absolute atomic E-state index is 12.0. The summed E-state index contributed by atoms with van der Waals surface area (Å²) >= 11 is -0.310. The lowest BCUT2D eigenvalue weighted by molar-refractivity contribution is -0.263. The first-order chi connectivity index (χ1) is 5.60. The van der Waals surface area contributed by atoms with Crippen LogP contribution in [-0.4, -0.2) is 22.3 Å². The first-order valence-corrected chi connectivity index (χ1v) is 3.81. The molecule has 0 saturated carbocycles. The Labute approximate surface area is 73.2 Å². The number of halogens is 6. The van der Waals surface area contributed by atoms with E-state index in [2.05, 4.69) is 4.99 Å². The van der Waals surface area contributed by atoms with Gasteiger partial charge in [0.05, 0.1) is 5.04 Å². The lowest BCUT2D eigenvalue weighted by Gasteiger charge is -2.38. The molecule has 1 aliphatic rings. The third-order valence-electron chi connectivity index (χ3n) is 1.38. The number of nitrogens with zero attached hydrogens (tertiary/aromatic N) is 1. The van der Waals surface area contributed by atoms with Crippen LogP contribution in [0.4, 0.5) is 26.3 Å². The Hall–Kier alpha value is -0.400. The highest BCUT2D eigenvalue weighted by molar-refractivity contribution is 8.16. The number of hydrogen-bond acceptors (Lipinski definition) is 2. The lowest BCUT2D eigenvalue weighted by atomic mass is 10.2. The van der Waals surface area contributed by atoms with Crippen molar-refractivity contribution in [1.82, 2.24) is 0 Å². The Bertz CT molecular complexity index is 237. The van der Waals surface area contributed by atoms with E-state index in [1.165, 1.54) is 0 Å². The Kier molecular flexibility index (Phi) is 2.10. The number of hydrogen-bond donors (Lipinski definition) is 0. The van der Waals surface area contributed by atoms with Gasteiger partial charge >= 0.3 is 17.2 Å². The monoisotopic (exact) mass is 223 g/mol. The van der Waals surface area contributed by atoms with Crippen LogP contribution in [-0.2, 0) is 0 Å². The summed E-state index contributed by atoms with van der Waals surface area (Å²) in [6.07, 6.45) is -10.8. The number of alkyl halides is 6. The average Bonchev–Trinajstić information content (AvgIpc) is 1.74. The third kappa shape index (κ3) is 1.40. The average molecular weight is 223 g/mol. The molecule has 0 radical (unpaired) electrons. The van der Waals surface area contributed by atoms with E-state index in [0.29, 0.717) is 0 Å². The number of aliphatic imine (C=N–C) groups is 1. The minimum absolute atomic E-state index is 0.213. The van der Waals surface area contributed by atoms with E-state index in [4.69, 9.17) is 0 Å². The van der Waals surface area contributed by atoms with E-state index in [1.54, 1.807) is 0 Å². The molecule has 0 aromatic heterocycles. The van der Waals surface area contributed by atoms with Crippen LogP contribution in [0.3, 0.4) is 0 Å². The molecule has 0 unspecified atom stereocenters. The van der Waals surface area contributed by atoms with Crippen molar-refractivity contribution in [3.8, 4) is 0 Å². The molecule has 0 N–H and O–H groups in total. The van der Waals surface area contributed by atoms with Crippen molar-refractivity contribution in [2.24, 2.45) is 4.99 Å². The summed E-state index contributed by atoms with van der Waals surface area (Å²) in [7, 11) is 0. The lowest BCUT2D eigenvalue weighted by Crippen LogP contribution is -2.57. The van der Waals surface area contributed by atoms with Crippen LogP contribution in [0.15, 0.2) is 4.99 Å². The van der Waals surface area contributed by atoms with Gasteiger partial charge in [0, 0.05) is 0 Å². The minimum Gasteiger partial charge on any atom is -0.247 e. The maximum Gasteiger partial charge on any atom is 0.432 e. The van der Waals surface area contributed by atoms with Crippen molar-refractivity contribution < 1.29 is 26.3 Å². The molecule has 0 aromatic carbocycles. The SMILES string of the molecule is CC1=NC(C(F)(F)F)(C(F)(F)F)S1. The maximum atomic E-state index is 12.0. The fourth-order valence-corrected chi connectivity index (χ4v) is 1.74. The Morgan fingerprint density at radius 2 is 1.38 bits per heavy atom. The van der Waals surface area contributed by atoms with Crippen LogP contribution in [0.2, 0.25) is 0 Å². The number of thioether (sulfide) groups is 1. The van der Waals surface area contributed by atoms with Gasteiger partial charge in [-0.05, 0) is 6.92 Å². The first-order valence-electron chi connectivity index (χ1n) is 2.99. The van der Waals surface area contributed by atoms with Gasteiger partial charge in [0.15, 0.2) is 0 Å². The van der Waals surface area contributed by atoms with Gasteiger partial charge in [0.1, 0.15) is 0 Å². The summed E-state index contributed by atoms with van der Waals surface area (Å²) in [5.74, 6) is 0. The molecule has 0 aromatic rings. The second-order valence-electron chi connectivity index (χ2n) is 2.37. The molecule has 0 bridgehead atoms. The fourth-order valence-electron chi connectivity index (χ4n) is 0.845. The van der Waals surface area contributed by atoms with Crippen LogP contribution < -0.4 is 0 Å². The largest absolute Gasteiger partial charge is 0.432 e. The van der Waals surface area contributed by atoms with Crippen LogP contribution in [0, 0.1) is 0 Å². The van der Waals surface area contributed by atoms with Crippen molar-refractivity contribution in [2.75, 3.05) is 0 Å². The highest BCUT2D eigenvalue weighted by Crippen LogP contribution is 2.58. The highest BCUT2D eigenvalue weighted by Gasteiger charge is 2.75. The highest BCUT2D eigenvalue weighted by atomic mass is 32.2.